The number of primary amides is 1. The molecule has 0 aliphatic carbocycles. The number of rotatable bonds is 10. The van der Waals surface area contributed by atoms with Crippen LogP contribution in [0.15, 0.2) is 60.0 Å². The lowest BCUT2D eigenvalue weighted by Crippen LogP contribution is -2.28. The second-order valence-electron chi connectivity index (χ2n) is 7.26. The van der Waals surface area contributed by atoms with Crippen LogP contribution in [0.3, 0.4) is 0 Å². The quantitative estimate of drug-likeness (QED) is 0.336. The largest absolute Gasteiger partial charge is 0.478 e. The third-order valence-corrected chi connectivity index (χ3v) is 6.23. The second kappa shape index (κ2) is 10.6. The van der Waals surface area contributed by atoms with E-state index >= 15 is 0 Å². The second-order valence-corrected chi connectivity index (χ2v) is 8.17. The molecule has 1 atom stereocenters. The molecule has 8 nitrogen and oxygen atoms in total. The van der Waals surface area contributed by atoms with Crippen molar-refractivity contribution in [2.24, 2.45) is 5.73 Å². The van der Waals surface area contributed by atoms with Gasteiger partial charge in [-0.15, -0.1) is 11.3 Å². The first-order valence-corrected chi connectivity index (χ1v) is 11.0. The third-order valence-electron chi connectivity index (χ3n) is 5.14. The highest BCUT2D eigenvalue weighted by molar-refractivity contribution is 7.11. The van der Waals surface area contributed by atoms with Crippen LogP contribution < -0.4 is 11.1 Å². The zero-order valence-electron chi connectivity index (χ0n) is 17.5. The summed E-state index contributed by atoms with van der Waals surface area (Å²) in [5.74, 6) is -4.38. The van der Waals surface area contributed by atoms with Gasteiger partial charge in [-0.2, -0.15) is 0 Å². The number of carboxylic acids is 2. The number of aromatic carboxylic acids is 2. The predicted octanol–water partition coefficient (Wildman–Crippen LogP) is 3.59. The highest BCUT2D eigenvalue weighted by Gasteiger charge is 2.28. The van der Waals surface area contributed by atoms with E-state index in [1.165, 1.54) is 29.5 Å². The molecule has 3 aromatic rings. The van der Waals surface area contributed by atoms with E-state index in [1.807, 2.05) is 6.07 Å². The number of amides is 2. The molecular weight excluding hydrogens is 444 g/mol. The van der Waals surface area contributed by atoms with E-state index in [0.717, 1.165) is 5.56 Å². The maximum atomic E-state index is 12.4. The van der Waals surface area contributed by atoms with Crippen molar-refractivity contribution in [3.8, 4) is 11.1 Å². The van der Waals surface area contributed by atoms with Gasteiger partial charge in [0.15, 0.2) is 0 Å². The highest BCUT2D eigenvalue weighted by Crippen LogP contribution is 2.37. The fourth-order valence-corrected chi connectivity index (χ4v) is 4.77. The van der Waals surface area contributed by atoms with Crippen LogP contribution in [-0.2, 0) is 4.79 Å². The normalized spacial score (nSPS) is 11.5. The van der Waals surface area contributed by atoms with Gasteiger partial charge in [-0.05, 0) is 35.9 Å². The summed E-state index contributed by atoms with van der Waals surface area (Å²) in [7, 11) is 0. The lowest BCUT2D eigenvalue weighted by Gasteiger charge is -2.14. The molecule has 0 radical (unpaired) electrons. The molecule has 1 aromatic heterocycles. The Morgan fingerprint density at radius 3 is 2.15 bits per heavy atom. The van der Waals surface area contributed by atoms with Gasteiger partial charge < -0.3 is 21.3 Å². The molecule has 170 valence electrons. The van der Waals surface area contributed by atoms with Gasteiger partial charge in [-0.25, -0.2) is 9.59 Å². The topological polar surface area (TPSA) is 147 Å². The lowest BCUT2D eigenvalue weighted by atomic mass is 9.94. The Morgan fingerprint density at radius 2 is 1.55 bits per heavy atom. The Hall–Kier alpha value is -3.98. The molecule has 1 heterocycles. The smallest absolute Gasteiger partial charge is 0.337 e. The van der Waals surface area contributed by atoms with Gasteiger partial charge in [0.1, 0.15) is 0 Å². The number of nitrogens with one attached hydrogen (secondary N) is 1. The van der Waals surface area contributed by atoms with E-state index in [1.54, 1.807) is 35.7 Å². The summed E-state index contributed by atoms with van der Waals surface area (Å²) in [5.41, 5.74) is 6.82. The van der Waals surface area contributed by atoms with Crippen LogP contribution in [-0.4, -0.2) is 40.5 Å². The van der Waals surface area contributed by atoms with Crippen molar-refractivity contribution in [1.82, 2.24) is 5.32 Å². The summed E-state index contributed by atoms with van der Waals surface area (Å²) in [6.07, 6.45) is 0.567. The summed E-state index contributed by atoms with van der Waals surface area (Å²) in [4.78, 5) is 48.2. The Kier molecular flexibility index (Phi) is 7.57. The van der Waals surface area contributed by atoms with E-state index in [9.17, 15) is 29.4 Å². The van der Waals surface area contributed by atoms with E-state index in [2.05, 4.69) is 5.32 Å². The fourth-order valence-electron chi connectivity index (χ4n) is 3.55. The lowest BCUT2D eigenvalue weighted by molar-refractivity contribution is -0.119. The summed E-state index contributed by atoms with van der Waals surface area (Å²) in [6.45, 7) is 0.163. The molecule has 0 aliphatic rings. The SMILES string of the molecule is NC(=O)C(CCCNC(=O)c1ccccc1C(=O)O)c1scc(-c2ccccc2)c1C(=O)O. The van der Waals surface area contributed by atoms with Gasteiger partial charge >= 0.3 is 11.9 Å². The van der Waals surface area contributed by atoms with Crippen molar-refractivity contribution in [3.05, 3.63) is 81.5 Å². The van der Waals surface area contributed by atoms with E-state index in [-0.39, 0.29) is 29.7 Å². The number of hydrogen-bond donors (Lipinski definition) is 4. The molecule has 0 spiro atoms. The van der Waals surface area contributed by atoms with Crippen LogP contribution in [0.4, 0.5) is 0 Å². The van der Waals surface area contributed by atoms with Crippen molar-refractivity contribution in [1.29, 1.82) is 0 Å². The molecule has 0 bridgehead atoms. The maximum Gasteiger partial charge on any atom is 0.337 e. The zero-order chi connectivity index (χ0) is 24.0. The van der Waals surface area contributed by atoms with E-state index in [0.29, 0.717) is 16.9 Å². The Balaban J connectivity index is 1.72. The molecule has 0 fully saturated rings. The van der Waals surface area contributed by atoms with Gasteiger partial charge in [-0.3, -0.25) is 9.59 Å². The number of carboxylic acid groups (broad SMARTS) is 2. The number of nitrogens with two attached hydrogens (primary N) is 1. The summed E-state index contributed by atoms with van der Waals surface area (Å²) >= 11 is 1.17. The minimum atomic E-state index is -1.21. The molecule has 9 heteroatoms. The Bertz CT molecular complexity index is 1190. The molecule has 0 saturated carbocycles. The first-order chi connectivity index (χ1) is 15.8. The molecule has 0 saturated heterocycles. The van der Waals surface area contributed by atoms with Crippen LogP contribution in [0.5, 0.6) is 0 Å². The fraction of sp³-hybridized carbons (Fsp3) is 0.167. The Morgan fingerprint density at radius 1 is 0.909 bits per heavy atom. The zero-order valence-corrected chi connectivity index (χ0v) is 18.3. The number of carbonyl (C=O) groups excluding carboxylic acids is 2. The van der Waals surface area contributed by atoms with Crippen LogP contribution >= 0.6 is 11.3 Å². The van der Waals surface area contributed by atoms with Gasteiger partial charge in [0.05, 0.1) is 22.6 Å². The van der Waals surface area contributed by atoms with Crippen molar-refractivity contribution in [2.75, 3.05) is 6.54 Å². The minimum absolute atomic E-state index is 0.0374. The van der Waals surface area contributed by atoms with Gasteiger partial charge in [-0.1, -0.05) is 42.5 Å². The molecule has 0 aliphatic heterocycles. The van der Waals surface area contributed by atoms with E-state index in [4.69, 9.17) is 5.73 Å². The van der Waals surface area contributed by atoms with Crippen molar-refractivity contribution < 1.29 is 29.4 Å². The maximum absolute atomic E-state index is 12.4. The van der Waals surface area contributed by atoms with E-state index < -0.39 is 29.7 Å². The van der Waals surface area contributed by atoms with Gasteiger partial charge in [0, 0.05) is 17.0 Å². The van der Waals surface area contributed by atoms with Crippen molar-refractivity contribution in [2.45, 2.75) is 18.8 Å². The number of hydrogen-bond acceptors (Lipinski definition) is 5. The van der Waals surface area contributed by atoms with Crippen LogP contribution in [0.2, 0.25) is 0 Å². The Labute approximate surface area is 193 Å². The van der Waals surface area contributed by atoms with Crippen molar-refractivity contribution in [3.63, 3.8) is 0 Å². The highest BCUT2D eigenvalue weighted by atomic mass is 32.1. The molecule has 1 unspecified atom stereocenters. The average Bonchev–Trinajstić information content (AvgIpc) is 3.24. The van der Waals surface area contributed by atoms with Gasteiger partial charge in [0.2, 0.25) is 5.91 Å². The average molecular weight is 467 g/mol. The summed E-state index contributed by atoms with van der Waals surface area (Å²) < 4.78 is 0. The summed E-state index contributed by atoms with van der Waals surface area (Å²) in [5, 5.41) is 23.4. The molecular formula is C24H22N2O6S. The molecule has 2 amide bonds. The molecule has 33 heavy (non-hydrogen) atoms. The number of thiophene rings is 1. The predicted molar refractivity (Wildman–Crippen MR) is 124 cm³/mol. The molecule has 2 aromatic carbocycles. The first-order valence-electron chi connectivity index (χ1n) is 10.1. The third kappa shape index (κ3) is 5.45. The van der Waals surface area contributed by atoms with Crippen molar-refractivity contribution >= 4 is 35.1 Å². The van der Waals surface area contributed by atoms with Gasteiger partial charge in [0.25, 0.3) is 5.91 Å². The van der Waals surface area contributed by atoms with Crippen LogP contribution in [0.1, 0.15) is 54.7 Å². The minimum Gasteiger partial charge on any atom is -0.478 e. The number of carbonyl (C=O) groups is 4. The summed E-state index contributed by atoms with van der Waals surface area (Å²) in [6, 6.07) is 14.9. The van der Waals surface area contributed by atoms with Crippen LogP contribution in [0.25, 0.3) is 11.1 Å². The van der Waals surface area contributed by atoms with Crippen LogP contribution in [0, 0.1) is 0 Å². The standard InChI is InChI=1S/C24H22N2O6S/c25-21(27)17(11-6-12-26-22(28)15-9-4-5-10-16(15)23(29)30)20-19(24(31)32)18(13-33-20)14-7-2-1-3-8-14/h1-5,7-10,13,17H,6,11-12H2,(H2,25,27)(H,26,28)(H,29,30)(H,31,32). The monoisotopic (exact) mass is 466 g/mol. The number of benzene rings is 2. The first kappa shape index (κ1) is 23.7. The molecule has 3 rings (SSSR count). The molecule has 5 N–H and O–H groups in total.